The van der Waals surface area contributed by atoms with Crippen LogP contribution >= 0.6 is 0 Å². The number of benzene rings is 1. The molecule has 1 aromatic rings. The Morgan fingerprint density at radius 1 is 1.22 bits per heavy atom. The summed E-state index contributed by atoms with van der Waals surface area (Å²) in [6, 6.07) is 11.1. The third kappa shape index (κ3) is 2.02. The van der Waals surface area contributed by atoms with Gasteiger partial charge in [0, 0.05) is 19.1 Å². The van der Waals surface area contributed by atoms with Crippen molar-refractivity contribution in [1.82, 2.24) is 0 Å². The number of ether oxygens (including phenoxy) is 2. The second-order valence-corrected chi connectivity index (χ2v) is 6.71. The fourth-order valence-corrected chi connectivity index (χ4v) is 4.30. The van der Waals surface area contributed by atoms with Crippen molar-refractivity contribution in [3.63, 3.8) is 0 Å². The van der Waals surface area contributed by atoms with Gasteiger partial charge in [-0.05, 0) is 24.1 Å². The monoisotopic (exact) mass is 365 g/mol. The quantitative estimate of drug-likeness (QED) is 0.637. The average molecular weight is 365 g/mol. The number of nitro benzene ring substituents is 1. The molecular formula is C18H15N5O4. The fourth-order valence-electron chi connectivity index (χ4n) is 4.30. The van der Waals surface area contributed by atoms with Crippen LogP contribution in [0.25, 0.3) is 0 Å². The van der Waals surface area contributed by atoms with Crippen LogP contribution in [0.15, 0.2) is 24.3 Å². The molecule has 0 aliphatic carbocycles. The van der Waals surface area contributed by atoms with Crippen LogP contribution in [0.1, 0.15) is 31.9 Å². The van der Waals surface area contributed by atoms with Gasteiger partial charge >= 0.3 is 0 Å². The Morgan fingerprint density at radius 3 is 2.26 bits per heavy atom. The van der Waals surface area contributed by atoms with Gasteiger partial charge in [0.2, 0.25) is 17.1 Å². The molecule has 0 radical (unpaired) electrons. The second kappa shape index (κ2) is 5.77. The van der Waals surface area contributed by atoms with E-state index >= 15 is 0 Å². The Balaban J connectivity index is 2.27. The molecule has 136 valence electrons. The number of nitrogens with one attached hydrogen (secondary N) is 1. The van der Waals surface area contributed by atoms with Gasteiger partial charge in [0.1, 0.15) is 6.10 Å². The molecule has 0 spiro atoms. The van der Waals surface area contributed by atoms with Crippen LogP contribution in [0.5, 0.6) is 0 Å². The predicted octanol–water partition coefficient (Wildman–Crippen LogP) is 2.96. The Morgan fingerprint density at radius 2 is 1.81 bits per heavy atom. The van der Waals surface area contributed by atoms with E-state index < -0.39 is 39.5 Å². The molecule has 2 aliphatic heterocycles. The molecule has 9 nitrogen and oxygen atoms in total. The molecule has 0 saturated carbocycles. The van der Waals surface area contributed by atoms with Crippen molar-refractivity contribution in [1.29, 1.82) is 21.2 Å². The first-order valence-corrected chi connectivity index (χ1v) is 8.20. The summed E-state index contributed by atoms with van der Waals surface area (Å²) >= 11 is 0. The summed E-state index contributed by atoms with van der Waals surface area (Å²) in [6.07, 6.45) is -0.867. The van der Waals surface area contributed by atoms with Crippen molar-refractivity contribution >= 4 is 11.6 Å². The average Bonchev–Trinajstić information content (AvgIpc) is 2.84. The van der Waals surface area contributed by atoms with Gasteiger partial charge in [-0.2, -0.15) is 15.8 Å². The topological polar surface area (TPSA) is 157 Å². The highest BCUT2D eigenvalue weighted by Crippen LogP contribution is 2.67. The van der Waals surface area contributed by atoms with Gasteiger partial charge in [-0.25, -0.2) is 0 Å². The molecule has 0 aromatic heterocycles. The van der Waals surface area contributed by atoms with Crippen molar-refractivity contribution in [3.05, 3.63) is 39.9 Å². The first kappa shape index (κ1) is 18.3. The third-order valence-corrected chi connectivity index (χ3v) is 5.53. The summed E-state index contributed by atoms with van der Waals surface area (Å²) in [5.74, 6) is -2.53. The zero-order valence-corrected chi connectivity index (χ0v) is 14.6. The maximum atomic E-state index is 10.9. The number of nitro groups is 1. The molecule has 2 saturated heterocycles. The standard InChI is InChI=1S/C18H15N5O4/c1-3-13-16(2)26-14(11-4-6-12(7-5-11)23(24)25)17(8-19,9-20)18(13,10-21)15(22)27-16/h4-7,13-14,22H,3H2,1-2H3. The summed E-state index contributed by atoms with van der Waals surface area (Å²) < 4.78 is 11.6. The highest BCUT2D eigenvalue weighted by atomic mass is 16.7. The minimum Gasteiger partial charge on any atom is -0.448 e. The first-order valence-electron chi connectivity index (χ1n) is 8.20. The van der Waals surface area contributed by atoms with E-state index in [9.17, 15) is 25.9 Å². The van der Waals surface area contributed by atoms with Crippen molar-refractivity contribution in [2.24, 2.45) is 16.7 Å². The Labute approximate surface area is 155 Å². The van der Waals surface area contributed by atoms with E-state index in [2.05, 4.69) is 0 Å². The van der Waals surface area contributed by atoms with Crippen LogP contribution in [0.4, 0.5) is 5.69 Å². The van der Waals surface area contributed by atoms with E-state index in [0.717, 1.165) is 0 Å². The van der Waals surface area contributed by atoms with E-state index in [4.69, 9.17) is 14.9 Å². The van der Waals surface area contributed by atoms with Gasteiger partial charge in [0.15, 0.2) is 5.41 Å². The minimum atomic E-state index is -2.05. The molecule has 2 aliphatic rings. The van der Waals surface area contributed by atoms with Crippen LogP contribution in [-0.4, -0.2) is 16.6 Å². The molecule has 4 atom stereocenters. The maximum Gasteiger partial charge on any atom is 0.269 e. The predicted molar refractivity (Wildman–Crippen MR) is 89.6 cm³/mol. The van der Waals surface area contributed by atoms with Crippen molar-refractivity contribution in [2.75, 3.05) is 0 Å². The van der Waals surface area contributed by atoms with Crippen LogP contribution in [-0.2, 0) is 9.47 Å². The molecule has 2 bridgehead atoms. The lowest BCUT2D eigenvalue weighted by Gasteiger charge is -2.48. The number of hydrogen-bond donors (Lipinski definition) is 1. The van der Waals surface area contributed by atoms with E-state index in [-0.39, 0.29) is 5.69 Å². The van der Waals surface area contributed by atoms with Crippen molar-refractivity contribution in [3.8, 4) is 18.2 Å². The summed E-state index contributed by atoms with van der Waals surface area (Å²) in [7, 11) is 0. The number of hydrogen-bond acceptors (Lipinski definition) is 8. The fraction of sp³-hybridized carbons (Fsp3) is 0.444. The molecule has 4 unspecified atom stereocenters. The number of rotatable bonds is 3. The zero-order valence-electron chi connectivity index (χ0n) is 14.6. The van der Waals surface area contributed by atoms with E-state index in [1.807, 2.05) is 18.2 Å². The summed E-state index contributed by atoms with van der Waals surface area (Å²) in [6.45, 7) is 3.35. The molecule has 27 heavy (non-hydrogen) atoms. The lowest BCUT2D eigenvalue weighted by atomic mass is 9.53. The number of nitriles is 3. The lowest BCUT2D eigenvalue weighted by Crippen LogP contribution is -2.58. The SMILES string of the molecule is CCC1C2(C)OC(=N)C1(C#N)C(C#N)(C#N)C(c1ccc([N+](=O)[O-])cc1)O2. The van der Waals surface area contributed by atoms with Gasteiger partial charge in [-0.3, -0.25) is 15.5 Å². The summed E-state index contributed by atoms with van der Waals surface area (Å²) in [5.41, 5.74) is -3.70. The number of nitrogens with zero attached hydrogens (tertiary/aromatic N) is 4. The molecule has 1 aromatic carbocycles. The third-order valence-electron chi connectivity index (χ3n) is 5.53. The molecule has 3 rings (SSSR count). The van der Waals surface area contributed by atoms with Crippen molar-refractivity contribution < 1.29 is 14.4 Å². The van der Waals surface area contributed by atoms with Gasteiger partial charge < -0.3 is 9.47 Å². The maximum absolute atomic E-state index is 10.9. The largest absolute Gasteiger partial charge is 0.448 e. The lowest BCUT2D eigenvalue weighted by molar-refractivity contribution is -0.384. The Hall–Kier alpha value is -3.48. The Kier molecular flexibility index (Phi) is 3.91. The molecule has 0 amide bonds. The van der Waals surface area contributed by atoms with Crippen molar-refractivity contribution in [2.45, 2.75) is 32.2 Å². The highest BCUT2D eigenvalue weighted by molar-refractivity contribution is 5.89. The normalized spacial score (nSPS) is 33.2. The molecule has 9 heteroatoms. The zero-order chi connectivity index (χ0) is 20.0. The van der Waals surface area contributed by atoms with Crippen LogP contribution < -0.4 is 0 Å². The van der Waals surface area contributed by atoms with Gasteiger partial charge in [0.25, 0.3) is 5.69 Å². The number of non-ortho nitro benzene ring substituents is 1. The molecule has 2 heterocycles. The van der Waals surface area contributed by atoms with Gasteiger partial charge in [-0.1, -0.05) is 6.92 Å². The molecular weight excluding hydrogens is 350 g/mol. The minimum absolute atomic E-state index is 0.159. The Bertz CT molecular complexity index is 940. The highest BCUT2D eigenvalue weighted by Gasteiger charge is 2.78. The number of fused-ring (bicyclic) bond motifs is 2. The van der Waals surface area contributed by atoms with Gasteiger partial charge in [0.05, 0.1) is 29.0 Å². The van der Waals surface area contributed by atoms with E-state index in [0.29, 0.717) is 12.0 Å². The van der Waals surface area contributed by atoms with Gasteiger partial charge in [-0.15, -0.1) is 0 Å². The second-order valence-electron chi connectivity index (χ2n) is 6.71. The van der Waals surface area contributed by atoms with Crippen LogP contribution in [0.2, 0.25) is 0 Å². The smallest absolute Gasteiger partial charge is 0.269 e. The summed E-state index contributed by atoms with van der Waals surface area (Å²) in [5, 5.41) is 49.1. The molecule has 1 N–H and O–H groups in total. The van der Waals surface area contributed by atoms with Crippen LogP contribution in [0.3, 0.4) is 0 Å². The first-order chi connectivity index (χ1) is 12.8. The van der Waals surface area contributed by atoms with Crippen LogP contribution in [0, 0.1) is 66.3 Å². The molecule has 2 fully saturated rings. The summed E-state index contributed by atoms with van der Waals surface area (Å²) in [4.78, 5) is 10.3. The van der Waals surface area contributed by atoms with E-state index in [1.165, 1.54) is 24.3 Å². The van der Waals surface area contributed by atoms with E-state index in [1.54, 1.807) is 13.8 Å².